The molecule has 1 amide bonds. The number of hydrogen-bond acceptors (Lipinski definition) is 6. The van der Waals surface area contributed by atoms with Crippen molar-refractivity contribution >= 4 is 54.2 Å². The lowest BCUT2D eigenvalue weighted by Crippen LogP contribution is -2.36. The molecule has 0 N–H and O–H groups in total. The van der Waals surface area contributed by atoms with Gasteiger partial charge in [0.1, 0.15) is 0 Å². The molecule has 0 aliphatic heterocycles. The molecule has 140 valence electrons. The number of non-ortho nitro benzene ring substituents is 1. The number of rotatable bonds is 6. The maximum Gasteiger partial charge on any atom is 0.270 e. The average molecular weight is 449 g/mol. The Hall–Kier alpha value is -2.36. The second-order valence-electron chi connectivity index (χ2n) is 6.18. The molecule has 0 aliphatic rings. The van der Waals surface area contributed by atoms with E-state index in [1.54, 1.807) is 11.0 Å². The van der Waals surface area contributed by atoms with E-state index in [-0.39, 0.29) is 17.2 Å². The largest absolute Gasteiger partial charge is 0.308 e. The van der Waals surface area contributed by atoms with Gasteiger partial charge in [-0.15, -0.1) is 0 Å². The van der Waals surface area contributed by atoms with Gasteiger partial charge in [0.25, 0.3) is 11.6 Å². The van der Waals surface area contributed by atoms with E-state index in [0.717, 1.165) is 14.7 Å². The molecule has 1 aromatic heterocycles. The zero-order valence-corrected chi connectivity index (χ0v) is 17.2. The number of fused-ring (bicyclic) bond motifs is 1. The van der Waals surface area contributed by atoms with Crippen LogP contribution in [0.4, 0.5) is 10.8 Å². The second-order valence-corrected chi connectivity index (χ2v) is 8.10. The molecular weight excluding hydrogens is 432 g/mol. The van der Waals surface area contributed by atoms with E-state index >= 15 is 0 Å². The van der Waals surface area contributed by atoms with Gasteiger partial charge in [0.15, 0.2) is 5.13 Å². The predicted molar refractivity (Wildman–Crippen MR) is 111 cm³/mol. The predicted octanol–water partition coefficient (Wildman–Crippen LogP) is 4.18. The number of aromatic nitrogens is 1. The second kappa shape index (κ2) is 8.12. The van der Waals surface area contributed by atoms with Crippen molar-refractivity contribution in [1.82, 2.24) is 9.88 Å². The van der Waals surface area contributed by atoms with Crippen molar-refractivity contribution in [1.29, 1.82) is 0 Å². The Bertz CT molecular complexity index is 1010. The quantitative estimate of drug-likeness (QED) is 0.417. The van der Waals surface area contributed by atoms with E-state index < -0.39 is 4.92 Å². The standard InChI is InChI=1S/C18H17BrN4O3S/c1-21(2)8-9-22(17(24)12-4-3-5-14(10-12)23(25)26)18-20-15-7-6-13(19)11-16(15)27-18/h3-7,10-11H,8-9H2,1-2H3. The summed E-state index contributed by atoms with van der Waals surface area (Å²) < 4.78 is 1.90. The lowest BCUT2D eigenvalue weighted by Gasteiger charge is -2.22. The van der Waals surface area contributed by atoms with Gasteiger partial charge in [-0.05, 0) is 38.4 Å². The first-order valence-electron chi connectivity index (χ1n) is 8.12. The summed E-state index contributed by atoms with van der Waals surface area (Å²) in [5.74, 6) is -0.307. The third-order valence-electron chi connectivity index (χ3n) is 3.89. The van der Waals surface area contributed by atoms with Crippen molar-refractivity contribution in [2.24, 2.45) is 0 Å². The molecule has 2 aromatic carbocycles. The summed E-state index contributed by atoms with van der Waals surface area (Å²) in [6.07, 6.45) is 0. The molecule has 7 nitrogen and oxygen atoms in total. The molecule has 1 heterocycles. The fourth-order valence-electron chi connectivity index (χ4n) is 2.49. The number of nitro benzene ring substituents is 1. The van der Waals surface area contributed by atoms with Crippen molar-refractivity contribution in [2.45, 2.75) is 0 Å². The molecule has 27 heavy (non-hydrogen) atoms. The van der Waals surface area contributed by atoms with Crippen LogP contribution in [0.1, 0.15) is 10.4 Å². The highest BCUT2D eigenvalue weighted by Crippen LogP contribution is 2.31. The Kier molecular flexibility index (Phi) is 5.83. The minimum atomic E-state index is -0.504. The summed E-state index contributed by atoms with van der Waals surface area (Å²) >= 11 is 4.86. The van der Waals surface area contributed by atoms with Crippen LogP contribution < -0.4 is 4.90 Å². The molecule has 3 rings (SSSR count). The molecule has 0 saturated carbocycles. The van der Waals surface area contributed by atoms with Crippen LogP contribution in [0.25, 0.3) is 10.2 Å². The molecule has 9 heteroatoms. The lowest BCUT2D eigenvalue weighted by molar-refractivity contribution is -0.384. The number of nitro groups is 1. The zero-order valence-electron chi connectivity index (χ0n) is 14.8. The molecule has 0 fully saturated rings. The number of carbonyl (C=O) groups excluding carboxylic acids is 1. The average Bonchev–Trinajstić information content (AvgIpc) is 3.04. The number of likely N-dealkylation sites (N-methyl/N-ethyl adjacent to an activating group) is 1. The summed E-state index contributed by atoms with van der Waals surface area (Å²) in [5.41, 5.74) is 0.963. The number of nitrogens with zero attached hydrogens (tertiary/aromatic N) is 4. The van der Waals surface area contributed by atoms with E-state index in [9.17, 15) is 14.9 Å². The number of carbonyl (C=O) groups is 1. The minimum absolute atomic E-state index is 0.110. The van der Waals surface area contributed by atoms with Gasteiger partial charge in [-0.2, -0.15) is 0 Å². The minimum Gasteiger partial charge on any atom is -0.308 e. The van der Waals surface area contributed by atoms with Crippen molar-refractivity contribution in [3.8, 4) is 0 Å². The monoisotopic (exact) mass is 448 g/mol. The SMILES string of the molecule is CN(C)CCN(C(=O)c1cccc([N+](=O)[O-])c1)c1nc2ccc(Br)cc2s1. The van der Waals surface area contributed by atoms with Crippen LogP contribution in [0.2, 0.25) is 0 Å². The Balaban J connectivity index is 2.00. The third kappa shape index (κ3) is 4.49. The molecular formula is C18H17BrN4O3S. The first-order chi connectivity index (χ1) is 12.8. The van der Waals surface area contributed by atoms with E-state index in [0.29, 0.717) is 18.2 Å². The molecule has 0 atom stereocenters. The van der Waals surface area contributed by atoms with Crippen LogP contribution in [0, 0.1) is 10.1 Å². The molecule has 0 bridgehead atoms. The van der Waals surface area contributed by atoms with Crippen LogP contribution in [0.5, 0.6) is 0 Å². The Morgan fingerprint density at radius 1 is 1.22 bits per heavy atom. The molecule has 0 aliphatic carbocycles. The van der Waals surface area contributed by atoms with E-state index in [1.807, 2.05) is 37.2 Å². The van der Waals surface area contributed by atoms with Crippen LogP contribution in [0.15, 0.2) is 46.9 Å². The van der Waals surface area contributed by atoms with Gasteiger partial charge in [-0.25, -0.2) is 4.98 Å². The first kappa shape index (κ1) is 19.4. The van der Waals surface area contributed by atoms with Gasteiger partial charge in [0.05, 0.1) is 15.1 Å². The maximum atomic E-state index is 13.1. The van der Waals surface area contributed by atoms with Crippen molar-refractivity contribution < 1.29 is 9.72 Å². The molecule has 3 aromatic rings. The smallest absolute Gasteiger partial charge is 0.270 e. The number of hydrogen-bond donors (Lipinski definition) is 0. The van der Waals surface area contributed by atoms with Crippen molar-refractivity contribution in [3.63, 3.8) is 0 Å². The summed E-state index contributed by atoms with van der Waals surface area (Å²) in [7, 11) is 3.84. The van der Waals surface area contributed by atoms with Gasteiger partial charge in [-0.3, -0.25) is 19.8 Å². The number of anilines is 1. The lowest BCUT2D eigenvalue weighted by atomic mass is 10.2. The van der Waals surface area contributed by atoms with E-state index in [2.05, 4.69) is 20.9 Å². The van der Waals surface area contributed by atoms with Crippen molar-refractivity contribution in [2.75, 3.05) is 32.1 Å². The summed E-state index contributed by atoms with van der Waals surface area (Å²) in [5, 5.41) is 11.6. The Labute approximate surface area is 168 Å². The molecule has 0 radical (unpaired) electrons. The third-order valence-corrected chi connectivity index (χ3v) is 5.42. The van der Waals surface area contributed by atoms with Crippen LogP contribution in [0.3, 0.4) is 0 Å². The van der Waals surface area contributed by atoms with Gasteiger partial charge in [0, 0.05) is 35.3 Å². The van der Waals surface area contributed by atoms with Crippen LogP contribution in [-0.2, 0) is 0 Å². The molecule has 0 spiro atoms. The van der Waals surface area contributed by atoms with E-state index in [4.69, 9.17) is 0 Å². The molecule has 0 unspecified atom stereocenters. The number of amides is 1. The van der Waals surface area contributed by atoms with Crippen LogP contribution >= 0.6 is 27.3 Å². The Morgan fingerprint density at radius 2 is 2.00 bits per heavy atom. The number of thiazole rings is 1. The van der Waals surface area contributed by atoms with Gasteiger partial charge in [-0.1, -0.05) is 33.3 Å². The van der Waals surface area contributed by atoms with Gasteiger partial charge in [0.2, 0.25) is 0 Å². The fraction of sp³-hybridized carbons (Fsp3) is 0.222. The summed E-state index contributed by atoms with van der Waals surface area (Å²) in [4.78, 5) is 31.8. The number of halogens is 1. The topological polar surface area (TPSA) is 79.6 Å². The number of benzene rings is 2. The summed E-state index contributed by atoms with van der Waals surface area (Å²) in [6.45, 7) is 1.07. The van der Waals surface area contributed by atoms with E-state index in [1.165, 1.54) is 29.5 Å². The van der Waals surface area contributed by atoms with Crippen molar-refractivity contribution in [3.05, 3.63) is 62.6 Å². The van der Waals surface area contributed by atoms with Crippen LogP contribution in [-0.4, -0.2) is 47.9 Å². The highest BCUT2D eigenvalue weighted by molar-refractivity contribution is 9.10. The normalized spacial score (nSPS) is 11.1. The summed E-state index contributed by atoms with van der Waals surface area (Å²) in [6, 6.07) is 11.5. The van der Waals surface area contributed by atoms with Gasteiger partial charge < -0.3 is 4.90 Å². The first-order valence-corrected chi connectivity index (χ1v) is 9.73. The highest BCUT2D eigenvalue weighted by Gasteiger charge is 2.23. The maximum absolute atomic E-state index is 13.1. The Morgan fingerprint density at radius 3 is 2.70 bits per heavy atom. The zero-order chi connectivity index (χ0) is 19.6. The highest BCUT2D eigenvalue weighted by atomic mass is 79.9. The van der Waals surface area contributed by atoms with Gasteiger partial charge >= 0.3 is 0 Å². The molecule has 0 saturated heterocycles. The fourth-order valence-corrected chi connectivity index (χ4v) is 4.04.